The lowest BCUT2D eigenvalue weighted by atomic mass is 9.89. The van der Waals surface area contributed by atoms with Gasteiger partial charge in [-0.15, -0.1) is 11.3 Å². The van der Waals surface area contributed by atoms with Crippen LogP contribution in [0.3, 0.4) is 0 Å². The zero-order valence-electron chi connectivity index (χ0n) is 17.1. The molecule has 4 rings (SSSR count). The van der Waals surface area contributed by atoms with Crippen LogP contribution in [-0.2, 0) is 10.0 Å². The van der Waals surface area contributed by atoms with Crippen LogP contribution in [0.1, 0.15) is 38.5 Å². The lowest BCUT2D eigenvalue weighted by Gasteiger charge is -2.39. The molecule has 31 heavy (non-hydrogen) atoms. The fraction of sp³-hybridized carbons (Fsp3) is 0.550. The number of thiazole rings is 1. The van der Waals surface area contributed by atoms with E-state index in [0.717, 1.165) is 49.2 Å². The summed E-state index contributed by atoms with van der Waals surface area (Å²) < 4.78 is 56.4. The highest BCUT2D eigenvalue weighted by molar-refractivity contribution is 7.93. The van der Waals surface area contributed by atoms with Gasteiger partial charge in [0.15, 0.2) is 5.13 Å². The Morgan fingerprint density at radius 3 is 2.74 bits per heavy atom. The molecule has 2 fully saturated rings. The van der Waals surface area contributed by atoms with Gasteiger partial charge in [0, 0.05) is 30.2 Å². The highest BCUT2D eigenvalue weighted by atomic mass is 35.5. The van der Waals surface area contributed by atoms with Crippen LogP contribution in [0.4, 0.5) is 19.6 Å². The van der Waals surface area contributed by atoms with Crippen LogP contribution >= 0.6 is 22.9 Å². The van der Waals surface area contributed by atoms with Crippen molar-refractivity contribution in [3.8, 4) is 0 Å². The Morgan fingerprint density at radius 1 is 1.32 bits per heavy atom. The SMILES string of the molecule is CN(CC1(F)CC1)[C@H]1CCCC[C@@H]1Nc1cc(F)c(S(=O)(=O)Nc2nccs2)cc1Cl. The third kappa shape index (κ3) is 5.30. The Hall–Kier alpha value is -1.49. The minimum atomic E-state index is -4.16. The number of aromatic nitrogens is 1. The molecule has 0 unspecified atom stereocenters. The van der Waals surface area contributed by atoms with Gasteiger partial charge in [-0.2, -0.15) is 0 Å². The molecule has 2 N–H and O–H groups in total. The molecule has 2 aromatic rings. The summed E-state index contributed by atoms with van der Waals surface area (Å²) in [6.07, 6.45) is 6.46. The molecule has 1 aromatic carbocycles. The van der Waals surface area contributed by atoms with E-state index in [1.165, 1.54) is 6.20 Å². The number of hydrogen-bond donors (Lipinski definition) is 2. The molecule has 0 aliphatic heterocycles. The predicted octanol–water partition coefficient (Wildman–Crippen LogP) is 4.89. The number of likely N-dealkylation sites (N-methyl/N-ethyl adjacent to an activating group) is 1. The standard InChI is InChI=1S/C20H25ClF2N4O2S2/c1-27(12-20(23)6-7-20)17-5-3-2-4-15(17)25-16-11-14(22)18(10-13(16)21)31(28,29)26-19-24-8-9-30-19/h8-11,15,17,25H,2-7,12H2,1H3,(H,24,26)/t15-,17-/m0/s1. The van der Waals surface area contributed by atoms with Crippen molar-refractivity contribution >= 4 is 43.8 Å². The molecular weight excluding hydrogens is 466 g/mol. The summed E-state index contributed by atoms with van der Waals surface area (Å²) in [5.41, 5.74) is -0.750. The zero-order chi connectivity index (χ0) is 22.2. The summed E-state index contributed by atoms with van der Waals surface area (Å²) in [5, 5.41) is 5.15. The molecule has 2 atom stereocenters. The van der Waals surface area contributed by atoms with Gasteiger partial charge in [0.05, 0.1) is 10.7 Å². The first-order chi connectivity index (χ1) is 14.7. The number of nitrogens with zero attached hydrogens (tertiary/aromatic N) is 2. The van der Waals surface area contributed by atoms with Gasteiger partial charge in [0.25, 0.3) is 10.0 Å². The third-order valence-corrected chi connectivity index (χ3v) is 8.41. The number of benzene rings is 1. The van der Waals surface area contributed by atoms with Crippen molar-refractivity contribution in [2.75, 3.05) is 23.6 Å². The highest BCUT2D eigenvalue weighted by Crippen LogP contribution is 2.41. The lowest BCUT2D eigenvalue weighted by molar-refractivity contribution is 0.126. The van der Waals surface area contributed by atoms with Crippen LogP contribution in [0.5, 0.6) is 0 Å². The molecule has 11 heteroatoms. The van der Waals surface area contributed by atoms with E-state index in [4.69, 9.17) is 11.6 Å². The van der Waals surface area contributed by atoms with Gasteiger partial charge in [-0.25, -0.2) is 22.2 Å². The molecule has 0 amide bonds. The Bertz CT molecular complexity index is 1030. The fourth-order valence-electron chi connectivity index (χ4n) is 4.15. The smallest absolute Gasteiger partial charge is 0.266 e. The maximum atomic E-state index is 14.8. The van der Waals surface area contributed by atoms with E-state index in [0.29, 0.717) is 25.1 Å². The molecule has 0 radical (unpaired) electrons. The molecule has 0 saturated heterocycles. The summed E-state index contributed by atoms with van der Waals surface area (Å²) in [6.45, 7) is 0.386. The highest BCUT2D eigenvalue weighted by Gasteiger charge is 2.45. The molecule has 1 aromatic heterocycles. The summed E-state index contributed by atoms with van der Waals surface area (Å²) in [5.74, 6) is -0.905. The summed E-state index contributed by atoms with van der Waals surface area (Å²) in [4.78, 5) is 5.37. The molecule has 2 saturated carbocycles. The van der Waals surface area contributed by atoms with Gasteiger partial charge in [0.2, 0.25) is 0 Å². The first-order valence-electron chi connectivity index (χ1n) is 10.2. The number of rotatable bonds is 8. The van der Waals surface area contributed by atoms with E-state index >= 15 is 0 Å². The Morgan fingerprint density at radius 2 is 2.06 bits per heavy atom. The second-order valence-corrected chi connectivity index (χ2v) is 11.3. The lowest BCUT2D eigenvalue weighted by Crippen LogP contribution is -2.49. The summed E-state index contributed by atoms with van der Waals surface area (Å²) in [6, 6.07) is 2.28. The second-order valence-electron chi connectivity index (χ2n) is 8.37. The fourth-order valence-corrected chi connectivity index (χ4v) is 6.31. The summed E-state index contributed by atoms with van der Waals surface area (Å²) in [7, 11) is -2.24. The van der Waals surface area contributed by atoms with Crippen molar-refractivity contribution in [2.24, 2.45) is 0 Å². The van der Waals surface area contributed by atoms with Gasteiger partial charge in [-0.3, -0.25) is 9.62 Å². The van der Waals surface area contributed by atoms with Crippen molar-refractivity contribution in [3.63, 3.8) is 0 Å². The first-order valence-corrected chi connectivity index (χ1v) is 13.0. The average molecular weight is 491 g/mol. The zero-order valence-corrected chi connectivity index (χ0v) is 19.5. The van der Waals surface area contributed by atoms with Gasteiger partial charge in [0.1, 0.15) is 16.4 Å². The number of sulfonamides is 1. The van der Waals surface area contributed by atoms with E-state index < -0.39 is 26.4 Å². The van der Waals surface area contributed by atoms with E-state index in [1.807, 2.05) is 11.9 Å². The Labute approximate surface area is 190 Å². The van der Waals surface area contributed by atoms with Crippen molar-refractivity contribution in [2.45, 2.75) is 61.2 Å². The maximum Gasteiger partial charge on any atom is 0.266 e. The van der Waals surface area contributed by atoms with E-state index in [2.05, 4.69) is 15.0 Å². The quantitative estimate of drug-likeness (QED) is 0.551. The van der Waals surface area contributed by atoms with Gasteiger partial charge in [-0.05, 0) is 44.9 Å². The van der Waals surface area contributed by atoms with E-state index in [9.17, 15) is 17.2 Å². The Balaban J connectivity index is 1.52. The predicted molar refractivity (Wildman–Crippen MR) is 120 cm³/mol. The minimum absolute atomic E-state index is 0.0334. The van der Waals surface area contributed by atoms with Crippen LogP contribution in [-0.4, -0.2) is 49.6 Å². The van der Waals surface area contributed by atoms with E-state index in [1.54, 1.807) is 5.38 Å². The van der Waals surface area contributed by atoms with Crippen LogP contribution < -0.4 is 10.0 Å². The van der Waals surface area contributed by atoms with Crippen molar-refractivity contribution < 1.29 is 17.2 Å². The number of alkyl halides is 1. The van der Waals surface area contributed by atoms with Crippen molar-refractivity contribution in [1.82, 2.24) is 9.88 Å². The number of halogens is 3. The van der Waals surface area contributed by atoms with Crippen LogP contribution in [0.15, 0.2) is 28.6 Å². The second kappa shape index (κ2) is 8.80. The Kier molecular flexibility index (Phi) is 6.44. The number of hydrogen-bond acceptors (Lipinski definition) is 6. The van der Waals surface area contributed by atoms with Crippen molar-refractivity contribution in [3.05, 3.63) is 34.5 Å². The minimum Gasteiger partial charge on any atom is -0.379 e. The third-order valence-electron chi connectivity index (χ3n) is 5.93. The normalized spacial score (nSPS) is 23.0. The van der Waals surface area contributed by atoms with Crippen LogP contribution in [0.2, 0.25) is 5.02 Å². The number of anilines is 2. The molecule has 2 aliphatic rings. The average Bonchev–Trinajstić information content (AvgIpc) is 3.21. The van der Waals surface area contributed by atoms with Gasteiger partial charge >= 0.3 is 0 Å². The molecule has 1 heterocycles. The largest absolute Gasteiger partial charge is 0.379 e. The number of nitrogens with one attached hydrogen (secondary N) is 2. The molecule has 2 aliphatic carbocycles. The first kappa shape index (κ1) is 22.7. The monoisotopic (exact) mass is 490 g/mol. The van der Waals surface area contributed by atoms with Gasteiger partial charge < -0.3 is 5.32 Å². The molecular formula is C20H25ClF2N4O2S2. The maximum absolute atomic E-state index is 14.8. The van der Waals surface area contributed by atoms with Crippen LogP contribution in [0.25, 0.3) is 0 Å². The molecule has 0 bridgehead atoms. The van der Waals surface area contributed by atoms with Crippen LogP contribution in [0, 0.1) is 5.82 Å². The summed E-state index contributed by atoms with van der Waals surface area (Å²) >= 11 is 7.44. The molecule has 0 spiro atoms. The topological polar surface area (TPSA) is 74.3 Å². The van der Waals surface area contributed by atoms with Gasteiger partial charge in [-0.1, -0.05) is 24.4 Å². The molecule has 170 valence electrons. The van der Waals surface area contributed by atoms with E-state index in [-0.39, 0.29) is 22.2 Å². The molecule has 6 nitrogen and oxygen atoms in total. The van der Waals surface area contributed by atoms with Crippen molar-refractivity contribution in [1.29, 1.82) is 0 Å².